The topological polar surface area (TPSA) is 114 Å². The van der Waals surface area contributed by atoms with E-state index in [4.69, 9.17) is 0 Å². The van der Waals surface area contributed by atoms with Gasteiger partial charge in [-0.1, -0.05) is 62.5 Å². The Labute approximate surface area is 160 Å². The first-order valence-electron chi connectivity index (χ1n) is 7.38. The van der Waals surface area contributed by atoms with Crippen molar-refractivity contribution in [3.63, 3.8) is 0 Å². The van der Waals surface area contributed by atoms with Crippen LogP contribution in [0.25, 0.3) is 0 Å². The van der Waals surface area contributed by atoms with Crippen molar-refractivity contribution < 1.29 is 43.0 Å². The van der Waals surface area contributed by atoms with Crippen molar-refractivity contribution >= 4 is 20.2 Å². The molecule has 0 aliphatic heterocycles. The maximum Gasteiger partial charge on any atom is 2.00 e. The van der Waals surface area contributed by atoms with Gasteiger partial charge in [-0.25, -0.2) is 16.8 Å². The number of allylic oxidation sites excluding steroid dienone is 6. The van der Waals surface area contributed by atoms with E-state index in [1.54, 1.807) is 50.3 Å². The van der Waals surface area contributed by atoms with Crippen LogP contribution < -0.4 is 0 Å². The normalized spacial score (nSPS) is 34.0. The van der Waals surface area contributed by atoms with Crippen LogP contribution in [0.3, 0.4) is 0 Å². The number of hydrogen-bond donors (Lipinski definition) is 0. The average molecular weight is 430 g/mol. The zero-order chi connectivity index (χ0) is 18.8. The van der Waals surface area contributed by atoms with Crippen LogP contribution in [0.1, 0.15) is 27.7 Å². The number of rotatable bonds is 2. The van der Waals surface area contributed by atoms with Crippen molar-refractivity contribution in [3.05, 3.63) is 48.6 Å². The Morgan fingerprint density at radius 1 is 0.720 bits per heavy atom. The van der Waals surface area contributed by atoms with Crippen LogP contribution in [-0.4, -0.2) is 35.4 Å². The van der Waals surface area contributed by atoms with Gasteiger partial charge >= 0.3 is 17.1 Å². The molecule has 0 saturated heterocycles. The molecule has 0 heterocycles. The van der Waals surface area contributed by atoms with E-state index in [1.165, 1.54) is 26.0 Å². The van der Waals surface area contributed by atoms with Gasteiger partial charge in [0.2, 0.25) is 0 Å². The van der Waals surface area contributed by atoms with Gasteiger partial charge in [0.25, 0.3) is 0 Å². The monoisotopic (exact) mass is 430 g/mol. The van der Waals surface area contributed by atoms with Gasteiger partial charge in [0.1, 0.15) is 20.2 Å². The minimum absolute atomic E-state index is 0. The van der Waals surface area contributed by atoms with E-state index in [0.29, 0.717) is 0 Å². The molecule has 4 atom stereocenters. The second kappa shape index (κ2) is 8.33. The van der Waals surface area contributed by atoms with E-state index in [-0.39, 0.29) is 28.9 Å². The van der Waals surface area contributed by atoms with Crippen molar-refractivity contribution in [1.82, 2.24) is 0 Å². The number of hydrogen-bond acceptors (Lipinski definition) is 6. The van der Waals surface area contributed by atoms with Crippen molar-refractivity contribution in [2.24, 2.45) is 11.8 Å². The van der Waals surface area contributed by atoms with Crippen molar-refractivity contribution in [2.45, 2.75) is 37.2 Å². The molecule has 0 saturated carbocycles. The molecule has 142 valence electrons. The molecule has 0 aromatic carbocycles. The fourth-order valence-electron chi connectivity index (χ4n) is 2.26. The van der Waals surface area contributed by atoms with E-state index < -0.39 is 29.7 Å². The molecule has 2 aliphatic rings. The summed E-state index contributed by atoms with van der Waals surface area (Å²) in [6.45, 7) is 6.32. The molecule has 6 nitrogen and oxygen atoms in total. The predicted molar refractivity (Wildman–Crippen MR) is 91.1 cm³/mol. The predicted octanol–water partition coefficient (Wildman–Crippen LogP) is 2.10. The smallest absolute Gasteiger partial charge is 0.747 e. The third kappa shape index (κ3) is 5.15. The van der Waals surface area contributed by atoms with Gasteiger partial charge in [-0.3, -0.25) is 0 Å². The van der Waals surface area contributed by atoms with E-state index in [1.807, 2.05) is 0 Å². The molecule has 0 fully saturated rings. The van der Waals surface area contributed by atoms with Gasteiger partial charge < -0.3 is 9.11 Å². The molecular formula is C16H22FeO6S2. The molecule has 4 unspecified atom stereocenters. The van der Waals surface area contributed by atoms with Crippen LogP contribution in [0.4, 0.5) is 0 Å². The molecule has 0 aromatic rings. The first-order chi connectivity index (χ1) is 10.8. The molecule has 0 spiro atoms. The van der Waals surface area contributed by atoms with E-state index >= 15 is 0 Å². The zero-order valence-corrected chi connectivity index (χ0v) is 17.1. The van der Waals surface area contributed by atoms with Crippen LogP contribution >= 0.6 is 0 Å². The van der Waals surface area contributed by atoms with Gasteiger partial charge in [0, 0.05) is 0 Å². The summed E-state index contributed by atoms with van der Waals surface area (Å²) >= 11 is 0. The minimum Gasteiger partial charge on any atom is -0.747 e. The minimum atomic E-state index is -4.26. The second-order valence-corrected chi connectivity index (χ2v) is 9.92. The molecule has 9 heteroatoms. The third-order valence-electron chi connectivity index (χ3n) is 4.76. The summed E-state index contributed by atoms with van der Waals surface area (Å²) in [6, 6.07) is 0. The first kappa shape index (κ1) is 24.3. The summed E-state index contributed by atoms with van der Waals surface area (Å²) in [5.41, 5.74) is 0. The molecule has 2 rings (SSSR count). The standard InChI is InChI=1S/2C8H12O3S.Fe/c2*1-7-5-3-4-6-8(7,2)12(9,10)11;/h2*3-7H,1-2H3,(H,9,10,11);/q;;+2/p-2. The zero-order valence-electron chi connectivity index (χ0n) is 14.4. The van der Waals surface area contributed by atoms with Gasteiger partial charge in [0.15, 0.2) is 0 Å². The van der Waals surface area contributed by atoms with Crippen LogP contribution in [0.2, 0.25) is 0 Å². The van der Waals surface area contributed by atoms with Crippen molar-refractivity contribution in [3.8, 4) is 0 Å². The summed E-state index contributed by atoms with van der Waals surface area (Å²) in [6.07, 6.45) is 13.0. The third-order valence-corrected chi connectivity index (χ3v) is 7.93. The molecule has 0 amide bonds. The van der Waals surface area contributed by atoms with Crippen LogP contribution in [0.5, 0.6) is 0 Å². The van der Waals surface area contributed by atoms with Crippen molar-refractivity contribution in [1.29, 1.82) is 0 Å². The molecule has 0 bridgehead atoms. The maximum absolute atomic E-state index is 10.9. The molecule has 0 aromatic heterocycles. The van der Waals surface area contributed by atoms with E-state index in [9.17, 15) is 25.9 Å². The summed E-state index contributed by atoms with van der Waals surface area (Å²) in [5, 5.41) is 0. The molecular weight excluding hydrogens is 408 g/mol. The van der Waals surface area contributed by atoms with Crippen LogP contribution in [0, 0.1) is 11.8 Å². The summed E-state index contributed by atoms with van der Waals surface area (Å²) in [4.78, 5) is 0. The Balaban J connectivity index is 0.000000443. The van der Waals surface area contributed by atoms with Gasteiger partial charge in [-0.15, -0.1) is 0 Å². The van der Waals surface area contributed by atoms with Gasteiger partial charge in [-0.2, -0.15) is 0 Å². The van der Waals surface area contributed by atoms with Crippen molar-refractivity contribution in [2.75, 3.05) is 0 Å². The Bertz CT molecular complexity index is 726. The molecule has 2 aliphatic carbocycles. The fourth-order valence-corrected chi connectivity index (χ4v) is 3.82. The SMILES string of the molecule is CC1C=CC=CC1(C)S(=O)(=O)[O-].CC1C=CC=CC1(C)S(=O)(=O)[O-].[Fe+2]. The van der Waals surface area contributed by atoms with E-state index in [2.05, 4.69) is 0 Å². The molecule has 0 N–H and O–H groups in total. The van der Waals surface area contributed by atoms with Gasteiger partial charge in [0.05, 0.1) is 9.49 Å². The van der Waals surface area contributed by atoms with Crippen LogP contribution in [-0.2, 0) is 37.3 Å². The fraction of sp³-hybridized carbons (Fsp3) is 0.500. The summed E-state index contributed by atoms with van der Waals surface area (Å²) < 4.78 is 62.7. The second-order valence-electron chi connectivity index (χ2n) is 6.34. The van der Waals surface area contributed by atoms with Gasteiger partial charge in [-0.05, 0) is 25.7 Å². The first-order valence-corrected chi connectivity index (χ1v) is 10.2. The molecule has 25 heavy (non-hydrogen) atoms. The Morgan fingerprint density at radius 2 is 1.00 bits per heavy atom. The molecule has 0 radical (unpaired) electrons. The summed E-state index contributed by atoms with van der Waals surface area (Å²) in [7, 11) is -8.53. The Hall–Kier alpha value is -0.701. The summed E-state index contributed by atoms with van der Waals surface area (Å²) in [5.74, 6) is -0.519. The van der Waals surface area contributed by atoms with Crippen LogP contribution in [0.15, 0.2) is 48.6 Å². The Morgan fingerprint density at radius 3 is 1.16 bits per heavy atom. The van der Waals surface area contributed by atoms with E-state index in [0.717, 1.165) is 0 Å². The quantitative estimate of drug-likeness (QED) is 0.490. The Kier molecular flexibility index (Phi) is 8.09. The largest absolute Gasteiger partial charge is 2.00 e. The maximum atomic E-state index is 10.9. The average Bonchev–Trinajstić information content (AvgIpc) is 2.44.